The van der Waals surface area contributed by atoms with Gasteiger partial charge in [0, 0.05) is 31.7 Å². The van der Waals surface area contributed by atoms with Crippen LogP contribution in [0.4, 0.5) is 0 Å². The van der Waals surface area contributed by atoms with Crippen LogP contribution in [0.5, 0.6) is 5.75 Å². The monoisotopic (exact) mass is 397 g/mol. The number of likely N-dealkylation sites (tertiary alicyclic amines) is 1. The minimum absolute atomic E-state index is 0.117. The summed E-state index contributed by atoms with van der Waals surface area (Å²) in [6, 6.07) is 10.7. The van der Waals surface area contributed by atoms with Crippen molar-refractivity contribution in [1.29, 1.82) is 0 Å². The standard InChI is InChI=1S/C22H27N3O4/c1-28-17-7-5-15(6-8-17)18-3-2-4-19-16-9-14(12-25(18)19)11-24(13-16)22(27)20-10-21(26)23-29-20/h5-8,10,14,16,18-19H,2-4,9,11-13H2,1H3,(H,23,26)/t14-,16+,18+,19-/m0/s1. The number of amides is 1. The summed E-state index contributed by atoms with van der Waals surface area (Å²) >= 11 is 0. The highest BCUT2D eigenvalue weighted by Gasteiger charge is 2.46. The van der Waals surface area contributed by atoms with Crippen LogP contribution < -0.4 is 10.3 Å². The Bertz CT molecular complexity index is 934. The van der Waals surface area contributed by atoms with Crippen LogP contribution in [0.15, 0.2) is 39.6 Å². The van der Waals surface area contributed by atoms with Crippen LogP contribution in [0.25, 0.3) is 0 Å². The molecule has 5 rings (SSSR count). The largest absolute Gasteiger partial charge is 0.497 e. The van der Waals surface area contributed by atoms with E-state index in [4.69, 9.17) is 9.26 Å². The van der Waals surface area contributed by atoms with Gasteiger partial charge in [-0.1, -0.05) is 12.1 Å². The van der Waals surface area contributed by atoms with Crippen molar-refractivity contribution >= 4 is 5.91 Å². The number of methoxy groups -OCH3 is 1. The first-order valence-corrected chi connectivity index (χ1v) is 10.5. The van der Waals surface area contributed by atoms with Crippen LogP contribution in [-0.2, 0) is 0 Å². The Balaban J connectivity index is 1.35. The summed E-state index contributed by atoms with van der Waals surface area (Å²) in [6.07, 6.45) is 4.75. The number of rotatable bonds is 3. The number of aromatic nitrogens is 1. The van der Waals surface area contributed by atoms with Crippen molar-refractivity contribution in [1.82, 2.24) is 15.0 Å². The average molecular weight is 397 g/mol. The summed E-state index contributed by atoms with van der Waals surface area (Å²) in [5.41, 5.74) is 0.990. The first-order chi connectivity index (χ1) is 14.1. The Labute approximate surface area is 169 Å². The van der Waals surface area contributed by atoms with Crippen molar-refractivity contribution in [3.63, 3.8) is 0 Å². The predicted molar refractivity (Wildman–Crippen MR) is 107 cm³/mol. The number of ether oxygens (including phenoxy) is 1. The highest BCUT2D eigenvalue weighted by molar-refractivity contribution is 5.91. The summed E-state index contributed by atoms with van der Waals surface area (Å²) in [4.78, 5) is 28.7. The molecular formula is C22H27N3O4. The van der Waals surface area contributed by atoms with Gasteiger partial charge in [0.15, 0.2) is 0 Å². The van der Waals surface area contributed by atoms with Crippen LogP contribution in [0, 0.1) is 11.8 Å². The van der Waals surface area contributed by atoms with Crippen molar-refractivity contribution in [2.75, 3.05) is 26.7 Å². The van der Waals surface area contributed by atoms with Crippen LogP contribution in [-0.4, -0.2) is 53.6 Å². The fourth-order valence-corrected chi connectivity index (χ4v) is 5.70. The van der Waals surface area contributed by atoms with Crippen molar-refractivity contribution < 1.29 is 14.1 Å². The number of nitrogens with zero attached hydrogens (tertiary/aromatic N) is 2. The van der Waals surface area contributed by atoms with E-state index in [1.807, 2.05) is 4.90 Å². The number of nitrogens with one attached hydrogen (secondary N) is 1. The van der Waals surface area contributed by atoms with E-state index in [2.05, 4.69) is 34.3 Å². The maximum atomic E-state index is 12.8. The topological polar surface area (TPSA) is 78.8 Å². The number of hydrogen-bond acceptors (Lipinski definition) is 5. The third kappa shape index (κ3) is 3.37. The molecule has 29 heavy (non-hydrogen) atoms. The van der Waals surface area contributed by atoms with Gasteiger partial charge in [0.25, 0.3) is 11.5 Å². The lowest BCUT2D eigenvalue weighted by Crippen LogP contribution is -2.60. The smallest absolute Gasteiger partial charge is 0.292 e. The number of hydrogen-bond donors (Lipinski definition) is 1. The number of carbonyl (C=O) groups excluding carboxylic acids is 1. The van der Waals surface area contributed by atoms with Crippen LogP contribution >= 0.6 is 0 Å². The lowest BCUT2D eigenvalue weighted by Gasteiger charge is -2.55. The summed E-state index contributed by atoms with van der Waals surface area (Å²) in [7, 11) is 1.70. The molecule has 7 heteroatoms. The number of aromatic amines is 1. The van der Waals surface area contributed by atoms with Gasteiger partial charge >= 0.3 is 0 Å². The molecule has 3 saturated heterocycles. The van der Waals surface area contributed by atoms with Crippen molar-refractivity contribution in [2.24, 2.45) is 11.8 Å². The number of benzene rings is 1. The first-order valence-electron chi connectivity index (χ1n) is 10.5. The molecule has 2 bridgehead atoms. The van der Waals surface area contributed by atoms with Gasteiger partial charge in [-0.25, -0.2) is 0 Å². The SMILES string of the molecule is COc1ccc([C@H]2CCC[C@H]3[C@@H]4C[C@@H](CN(C(=O)c5cc(=O)[nH]o5)C4)CN23)cc1. The van der Waals surface area contributed by atoms with Gasteiger partial charge < -0.3 is 14.2 Å². The normalized spacial score (nSPS) is 29.3. The van der Waals surface area contributed by atoms with Crippen LogP contribution in [0.2, 0.25) is 0 Å². The van der Waals surface area contributed by atoms with Crippen molar-refractivity contribution in [2.45, 2.75) is 37.8 Å². The van der Waals surface area contributed by atoms with E-state index in [0.29, 0.717) is 23.9 Å². The predicted octanol–water partition coefficient (Wildman–Crippen LogP) is 2.66. The average Bonchev–Trinajstić information content (AvgIpc) is 3.19. The van der Waals surface area contributed by atoms with E-state index in [9.17, 15) is 9.59 Å². The molecule has 1 aromatic carbocycles. The maximum absolute atomic E-state index is 12.8. The Morgan fingerprint density at radius 3 is 2.72 bits per heavy atom. The lowest BCUT2D eigenvalue weighted by molar-refractivity contribution is -0.0517. The van der Waals surface area contributed by atoms with E-state index in [1.54, 1.807) is 7.11 Å². The van der Waals surface area contributed by atoms with Crippen LogP contribution in [0.1, 0.15) is 47.8 Å². The van der Waals surface area contributed by atoms with E-state index >= 15 is 0 Å². The van der Waals surface area contributed by atoms with Gasteiger partial charge in [-0.05, 0) is 55.2 Å². The Hall–Kier alpha value is -2.54. The highest BCUT2D eigenvalue weighted by Crippen LogP contribution is 2.44. The maximum Gasteiger partial charge on any atom is 0.292 e. The first kappa shape index (κ1) is 18.5. The summed E-state index contributed by atoms with van der Waals surface area (Å²) in [6.45, 7) is 2.47. The number of fused-ring (bicyclic) bond motifs is 4. The number of carbonyl (C=O) groups is 1. The summed E-state index contributed by atoms with van der Waals surface area (Å²) in [5, 5.41) is 2.22. The fraction of sp³-hybridized carbons (Fsp3) is 0.545. The molecule has 4 heterocycles. The third-order valence-electron chi connectivity index (χ3n) is 6.91. The molecule has 0 radical (unpaired) electrons. The van der Waals surface area contributed by atoms with Gasteiger partial charge in [-0.2, -0.15) is 5.16 Å². The van der Waals surface area contributed by atoms with Crippen molar-refractivity contribution in [3.8, 4) is 5.75 Å². The second-order valence-corrected chi connectivity index (χ2v) is 8.63. The zero-order chi connectivity index (χ0) is 20.0. The lowest BCUT2D eigenvalue weighted by atomic mass is 9.74. The molecule has 1 amide bonds. The van der Waals surface area contributed by atoms with Gasteiger partial charge in [0.05, 0.1) is 13.2 Å². The molecule has 4 atom stereocenters. The molecule has 154 valence electrons. The van der Waals surface area contributed by atoms with Gasteiger partial charge in [-0.3, -0.25) is 14.5 Å². The molecule has 0 aliphatic carbocycles. The molecule has 3 aliphatic rings. The fourth-order valence-electron chi connectivity index (χ4n) is 5.70. The van der Waals surface area contributed by atoms with Crippen molar-refractivity contribution in [3.05, 3.63) is 52.0 Å². The molecular weight excluding hydrogens is 370 g/mol. The number of H-pyrrole nitrogens is 1. The highest BCUT2D eigenvalue weighted by atomic mass is 16.5. The molecule has 2 aromatic rings. The molecule has 0 unspecified atom stereocenters. The Kier molecular flexibility index (Phi) is 4.70. The Morgan fingerprint density at radius 1 is 1.17 bits per heavy atom. The third-order valence-corrected chi connectivity index (χ3v) is 6.91. The van der Waals surface area contributed by atoms with E-state index in [-0.39, 0.29) is 17.2 Å². The van der Waals surface area contributed by atoms with Gasteiger partial charge in [0.1, 0.15) is 5.75 Å². The molecule has 3 aliphatic heterocycles. The summed E-state index contributed by atoms with van der Waals surface area (Å²) in [5.74, 6) is 1.76. The minimum Gasteiger partial charge on any atom is -0.497 e. The molecule has 0 saturated carbocycles. The van der Waals surface area contributed by atoms with E-state index in [0.717, 1.165) is 25.4 Å². The molecule has 1 aromatic heterocycles. The van der Waals surface area contributed by atoms with E-state index < -0.39 is 0 Å². The van der Waals surface area contributed by atoms with E-state index in [1.165, 1.54) is 37.3 Å². The quantitative estimate of drug-likeness (QED) is 0.862. The number of piperidine rings is 3. The molecule has 3 fully saturated rings. The Morgan fingerprint density at radius 2 is 2.00 bits per heavy atom. The second kappa shape index (κ2) is 7.37. The second-order valence-electron chi connectivity index (χ2n) is 8.63. The van der Waals surface area contributed by atoms with Gasteiger partial charge in [0.2, 0.25) is 5.76 Å². The summed E-state index contributed by atoms with van der Waals surface area (Å²) < 4.78 is 10.4. The molecule has 7 nitrogen and oxygen atoms in total. The van der Waals surface area contributed by atoms with Crippen LogP contribution in [0.3, 0.4) is 0 Å². The minimum atomic E-state index is -0.369. The zero-order valence-electron chi connectivity index (χ0n) is 16.7. The zero-order valence-corrected chi connectivity index (χ0v) is 16.7. The molecule has 0 spiro atoms. The molecule has 1 N–H and O–H groups in total. The van der Waals surface area contributed by atoms with Gasteiger partial charge in [-0.15, -0.1) is 0 Å².